The van der Waals surface area contributed by atoms with Gasteiger partial charge in [-0.3, -0.25) is 9.59 Å². The number of allylic oxidation sites excluding steroid dienone is 1. The van der Waals surface area contributed by atoms with Crippen molar-refractivity contribution in [3.8, 4) is 22.6 Å². The molecule has 178 valence electrons. The van der Waals surface area contributed by atoms with Gasteiger partial charge in [-0.05, 0) is 61.4 Å². The summed E-state index contributed by atoms with van der Waals surface area (Å²) in [4.78, 5) is 24.2. The number of carbonyl (C=O) groups excluding carboxylic acids is 2. The fourth-order valence-corrected chi connectivity index (χ4v) is 4.09. The van der Waals surface area contributed by atoms with Crippen LogP contribution in [0.25, 0.3) is 27.7 Å². The highest BCUT2D eigenvalue weighted by Crippen LogP contribution is 2.41. The van der Waals surface area contributed by atoms with Crippen LogP contribution in [0, 0.1) is 6.92 Å². The molecule has 0 unspecified atom stereocenters. The van der Waals surface area contributed by atoms with E-state index in [1.54, 1.807) is 38.7 Å². The number of rotatable bonds is 7. The van der Waals surface area contributed by atoms with E-state index in [4.69, 9.17) is 19.6 Å². The fraction of sp³-hybridized carbons (Fsp3) is 0.143. The number of ether oxygens (including phenoxy) is 2. The van der Waals surface area contributed by atoms with Gasteiger partial charge < -0.3 is 24.9 Å². The van der Waals surface area contributed by atoms with Gasteiger partial charge in [0.05, 0.1) is 20.5 Å². The quantitative estimate of drug-likeness (QED) is 0.344. The molecule has 0 fully saturated rings. The molecule has 0 bridgehead atoms. The lowest BCUT2D eigenvalue weighted by Crippen LogP contribution is -2.13. The highest BCUT2D eigenvalue weighted by molar-refractivity contribution is 6.06. The molecule has 0 aliphatic rings. The van der Waals surface area contributed by atoms with Gasteiger partial charge in [0.1, 0.15) is 17.1 Å². The predicted octanol–water partition coefficient (Wildman–Crippen LogP) is 5.57. The number of benzene rings is 3. The van der Waals surface area contributed by atoms with E-state index in [-0.39, 0.29) is 5.91 Å². The summed E-state index contributed by atoms with van der Waals surface area (Å²) >= 11 is 0. The Morgan fingerprint density at radius 3 is 2.51 bits per heavy atom. The molecule has 0 aliphatic carbocycles. The molecule has 0 atom stereocenters. The summed E-state index contributed by atoms with van der Waals surface area (Å²) in [6, 6.07) is 16.2. The Hall–Kier alpha value is -4.52. The molecule has 4 rings (SSSR count). The third-order valence-corrected chi connectivity index (χ3v) is 5.82. The van der Waals surface area contributed by atoms with Crippen LogP contribution >= 0.6 is 0 Å². The molecule has 0 spiro atoms. The zero-order valence-electron chi connectivity index (χ0n) is 20.0. The number of aryl methyl sites for hydroxylation is 1. The lowest BCUT2D eigenvalue weighted by Gasteiger charge is -2.13. The van der Waals surface area contributed by atoms with Gasteiger partial charge in [-0.15, -0.1) is 0 Å². The van der Waals surface area contributed by atoms with Crippen LogP contribution < -0.4 is 20.5 Å². The first-order valence-electron chi connectivity index (χ1n) is 10.9. The molecule has 3 aromatic carbocycles. The standard InChI is InChI=1S/C28H26N2O5/c1-16(11-25(31)30-20-9-5-8-19(12-20)28(29)32)22-14-23-24(18-7-6-10-21(13-18)33-3)15-35-27(23)17(2)26(22)34-4/h5-15H,1-4H3,(H2,29,32)(H,30,31)/b16-11+. The van der Waals surface area contributed by atoms with Crippen LogP contribution in [-0.2, 0) is 4.79 Å². The first-order chi connectivity index (χ1) is 16.8. The second-order valence-corrected chi connectivity index (χ2v) is 8.10. The van der Waals surface area contributed by atoms with Gasteiger partial charge in [-0.1, -0.05) is 18.2 Å². The Morgan fingerprint density at radius 2 is 1.80 bits per heavy atom. The summed E-state index contributed by atoms with van der Waals surface area (Å²) < 4.78 is 17.0. The second kappa shape index (κ2) is 9.77. The fourth-order valence-electron chi connectivity index (χ4n) is 4.09. The predicted molar refractivity (Wildman–Crippen MR) is 137 cm³/mol. The van der Waals surface area contributed by atoms with E-state index in [1.165, 1.54) is 12.1 Å². The normalized spacial score (nSPS) is 11.4. The van der Waals surface area contributed by atoms with Gasteiger partial charge in [0.25, 0.3) is 0 Å². The van der Waals surface area contributed by atoms with Crippen LogP contribution in [0.1, 0.15) is 28.4 Å². The van der Waals surface area contributed by atoms with Crippen molar-refractivity contribution in [2.75, 3.05) is 19.5 Å². The van der Waals surface area contributed by atoms with Crippen molar-refractivity contribution in [3.05, 3.63) is 83.6 Å². The van der Waals surface area contributed by atoms with Gasteiger partial charge >= 0.3 is 0 Å². The first-order valence-corrected chi connectivity index (χ1v) is 10.9. The molecule has 7 heteroatoms. The number of hydrogen-bond acceptors (Lipinski definition) is 5. The maximum Gasteiger partial charge on any atom is 0.248 e. The molecule has 35 heavy (non-hydrogen) atoms. The lowest BCUT2D eigenvalue weighted by atomic mass is 9.96. The molecule has 7 nitrogen and oxygen atoms in total. The maximum atomic E-state index is 12.8. The number of nitrogens with one attached hydrogen (secondary N) is 1. The molecule has 3 N–H and O–H groups in total. The van der Waals surface area contributed by atoms with Crippen molar-refractivity contribution in [2.24, 2.45) is 5.73 Å². The minimum atomic E-state index is -0.562. The van der Waals surface area contributed by atoms with Crippen LogP contribution in [0.2, 0.25) is 0 Å². The van der Waals surface area contributed by atoms with Crippen molar-refractivity contribution >= 4 is 34.0 Å². The number of furan rings is 1. The van der Waals surface area contributed by atoms with Gasteiger partial charge in [0.15, 0.2) is 0 Å². The van der Waals surface area contributed by atoms with E-state index in [0.717, 1.165) is 33.4 Å². The van der Waals surface area contributed by atoms with Crippen LogP contribution in [0.3, 0.4) is 0 Å². The summed E-state index contributed by atoms with van der Waals surface area (Å²) in [5.74, 6) is 0.467. The number of hydrogen-bond donors (Lipinski definition) is 2. The first kappa shape index (κ1) is 23.6. The van der Waals surface area contributed by atoms with Crippen molar-refractivity contribution < 1.29 is 23.5 Å². The number of fused-ring (bicyclic) bond motifs is 1. The minimum absolute atomic E-state index is 0.316. The Kier molecular flexibility index (Phi) is 6.59. The van der Waals surface area contributed by atoms with E-state index in [1.807, 2.05) is 44.2 Å². The van der Waals surface area contributed by atoms with Crippen LogP contribution in [-0.4, -0.2) is 26.0 Å². The van der Waals surface area contributed by atoms with Crippen molar-refractivity contribution in [1.29, 1.82) is 0 Å². The smallest absolute Gasteiger partial charge is 0.248 e. The number of anilines is 1. The minimum Gasteiger partial charge on any atom is -0.497 e. The molecule has 0 saturated heterocycles. The summed E-state index contributed by atoms with van der Waals surface area (Å²) in [6.07, 6.45) is 3.21. The summed E-state index contributed by atoms with van der Waals surface area (Å²) in [6.45, 7) is 3.76. The Balaban J connectivity index is 1.74. The number of carbonyl (C=O) groups is 2. The van der Waals surface area contributed by atoms with Gasteiger partial charge in [0, 0.05) is 39.4 Å². The molecule has 0 saturated carbocycles. The molecular formula is C28H26N2O5. The van der Waals surface area contributed by atoms with E-state index < -0.39 is 5.91 Å². The number of amides is 2. The Morgan fingerprint density at radius 1 is 1.03 bits per heavy atom. The van der Waals surface area contributed by atoms with Crippen molar-refractivity contribution in [1.82, 2.24) is 0 Å². The third-order valence-electron chi connectivity index (χ3n) is 5.82. The topological polar surface area (TPSA) is 104 Å². The summed E-state index contributed by atoms with van der Waals surface area (Å²) in [7, 11) is 3.22. The SMILES string of the molecule is COc1cccc(-c2coc3c(C)c(OC)c(/C(C)=C/C(=O)Nc4cccc(C(N)=O)c4)cc23)c1. The number of nitrogens with two attached hydrogens (primary N) is 1. The van der Waals surface area contributed by atoms with Crippen LogP contribution in [0.4, 0.5) is 5.69 Å². The van der Waals surface area contributed by atoms with E-state index in [2.05, 4.69) is 5.32 Å². The number of primary amides is 1. The monoisotopic (exact) mass is 470 g/mol. The molecule has 4 aromatic rings. The molecular weight excluding hydrogens is 444 g/mol. The van der Waals surface area contributed by atoms with Crippen molar-refractivity contribution in [2.45, 2.75) is 13.8 Å². The highest BCUT2D eigenvalue weighted by Gasteiger charge is 2.19. The summed E-state index contributed by atoms with van der Waals surface area (Å²) in [5, 5.41) is 3.67. The number of methoxy groups -OCH3 is 2. The van der Waals surface area contributed by atoms with E-state index >= 15 is 0 Å². The van der Waals surface area contributed by atoms with Crippen LogP contribution in [0.5, 0.6) is 11.5 Å². The lowest BCUT2D eigenvalue weighted by molar-refractivity contribution is -0.111. The molecule has 2 amide bonds. The van der Waals surface area contributed by atoms with Crippen molar-refractivity contribution in [3.63, 3.8) is 0 Å². The van der Waals surface area contributed by atoms with Gasteiger partial charge in [-0.25, -0.2) is 0 Å². The average Bonchev–Trinajstić information content (AvgIpc) is 3.28. The van der Waals surface area contributed by atoms with Gasteiger partial charge in [-0.2, -0.15) is 0 Å². The largest absolute Gasteiger partial charge is 0.497 e. The highest BCUT2D eigenvalue weighted by atomic mass is 16.5. The van der Waals surface area contributed by atoms with E-state index in [9.17, 15) is 9.59 Å². The van der Waals surface area contributed by atoms with Crippen LogP contribution in [0.15, 0.2) is 71.4 Å². The second-order valence-electron chi connectivity index (χ2n) is 8.10. The molecule has 1 heterocycles. The summed E-state index contributed by atoms with van der Waals surface area (Å²) in [5.41, 5.74) is 11.0. The maximum absolute atomic E-state index is 12.8. The molecule has 0 aliphatic heterocycles. The van der Waals surface area contributed by atoms with Gasteiger partial charge in [0.2, 0.25) is 11.8 Å². The van der Waals surface area contributed by atoms with E-state index in [0.29, 0.717) is 28.2 Å². The Labute approximate surface area is 203 Å². The average molecular weight is 471 g/mol. The zero-order chi connectivity index (χ0) is 25.1. The Bertz CT molecular complexity index is 1470. The zero-order valence-corrected chi connectivity index (χ0v) is 20.0. The molecule has 0 radical (unpaired) electrons. The third kappa shape index (κ3) is 4.75. The molecule has 1 aromatic heterocycles.